The molecule has 0 spiro atoms. The lowest BCUT2D eigenvalue weighted by Gasteiger charge is -1.99. The zero-order valence-electron chi connectivity index (χ0n) is 10.4. The fourth-order valence-corrected chi connectivity index (χ4v) is 2.41. The Kier molecular flexibility index (Phi) is 3.18. The summed E-state index contributed by atoms with van der Waals surface area (Å²) in [6.07, 6.45) is 2.96. The second-order valence-corrected chi connectivity index (χ2v) is 5.16. The summed E-state index contributed by atoms with van der Waals surface area (Å²) in [5.74, 6) is 1.37. The Hall–Kier alpha value is -1.92. The van der Waals surface area contributed by atoms with Gasteiger partial charge in [-0.05, 0) is 24.4 Å². The maximum atomic E-state index is 9.42. The van der Waals surface area contributed by atoms with Crippen LogP contribution < -0.4 is 0 Å². The molecular weight excluding hydrogens is 262 g/mol. The minimum absolute atomic E-state index is 0.456. The molecule has 5 nitrogen and oxygen atoms in total. The van der Waals surface area contributed by atoms with Gasteiger partial charge in [0.25, 0.3) is 0 Å². The van der Waals surface area contributed by atoms with Crippen LogP contribution >= 0.6 is 11.3 Å². The van der Waals surface area contributed by atoms with Crippen LogP contribution in [-0.2, 0) is 6.54 Å². The van der Waals surface area contributed by atoms with Crippen molar-refractivity contribution in [1.29, 1.82) is 0 Å². The average molecular weight is 275 g/mol. The van der Waals surface area contributed by atoms with Crippen molar-refractivity contribution in [3.63, 3.8) is 0 Å². The molecule has 0 saturated heterocycles. The summed E-state index contributed by atoms with van der Waals surface area (Å²) < 4.78 is 7.38. The van der Waals surface area contributed by atoms with E-state index >= 15 is 0 Å². The van der Waals surface area contributed by atoms with Gasteiger partial charge >= 0.3 is 0 Å². The van der Waals surface area contributed by atoms with Crippen LogP contribution in [-0.4, -0.2) is 19.9 Å². The Morgan fingerprint density at radius 1 is 1.47 bits per heavy atom. The lowest BCUT2D eigenvalue weighted by molar-refractivity contribution is 0.193. The molecule has 0 radical (unpaired) electrons. The summed E-state index contributed by atoms with van der Waals surface area (Å²) in [5, 5.41) is 15.7. The minimum atomic E-state index is -0.563. The van der Waals surface area contributed by atoms with Crippen molar-refractivity contribution in [3.05, 3.63) is 47.6 Å². The van der Waals surface area contributed by atoms with Gasteiger partial charge in [-0.25, -0.2) is 4.98 Å². The third kappa shape index (κ3) is 2.59. The molecule has 3 heterocycles. The topological polar surface area (TPSA) is 64.1 Å². The number of thiophene rings is 1. The number of aliphatic hydroxyl groups is 1. The summed E-state index contributed by atoms with van der Waals surface area (Å²) in [7, 11) is 0. The molecule has 3 rings (SSSR count). The number of hydrogen-bond donors (Lipinski definition) is 1. The van der Waals surface area contributed by atoms with E-state index in [0.29, 0.717) is 18.1 Å². The number of nitrogens with zero attached hydrogens (tertiary/aromatic N) is 3. The Balaban J connectivity index is 1.76. The number of oxazole rings is 1. The summed E-state index contributed by atoms with van der Waals surface area (Å²) in [4.78, 5) is 5.30. The zero-order chi connectivity index (χ0) is 13.2. The first-order chi connectivity index (χ1) is 9.22. The zero-order valence-corrected chi connectivity index (χ0v) is 11.2. The third-order valence-corrected chi connectivity index (χ3v) is 3.59. The monoisotopic (exact) mass is 275 g/mol. The Bertz CT molecular complexity index is 655. The number of rotatable bonds is 4. The van der Waals surface area contributed by atoms with E-state index in [-0.39, 0.29) is 0 Å². The maximum Gasteiger partial charge on any atom is 0.216 e. The molecule has 0 amide bonds. The van der Waals surface area contributed by atoms with E-state index in [1.807, 2.05) is 17.5 Å². The van der Waals surface area contributed by atoms with Gasteiger partial charge in [-0.2, -0.15) is 5.10 Å². The fourth-order valence-electron chi connectivity index (χ4n) is 1.74. The molecule has 0 aliphatic heterocycles. The molecule has 0 aliphatic rings. The van der Waals surface area contributed by atoms with E-state index in [4.69, 9.17) is 4.42 Å². The van der Waals surface area contributed by atoms with Crippen LogP contribution in [0.4, 0.5) is 0 Å². The van der Waals surface area contributed by atoms with E-state index in [1.54, 1.807) is 41.4 Å². The van der Waals surface area contributed by atoms with Crippen molar-refractivity contribution >= 4 is 11.3 Å². The smallest absolute Gasteiger partial charge is 0.216 e. The van der Waals surface area contributed by atoms with Crippen LogP contribution in [0, 0.1) is 0 Å². The molecule has 0 unspecified atom stereocenters. The largest absolute Gasteiger partial charge is 0.438 e. The molecule has 1 atom stereocenters. The highest BCUT2D eigenvalue weighted by molar-refractivity contribution is 7.13. The van der Waals surface area contributed by atoms with Crippen molar-refractivity contribution in [1.82, 2.24) is 14.8 Å². The van der Waals surface area contributed by atoms with Crippen molar-refractivity contribution < 1.29 is 9.52 Å². The van der Waals surface area contributed by atoms with Crippen LogP contribution in [0.1, 0.15) is 24.6 Å². The van der Waals surface area contributed by atoms with E-state index in [2.05, 4.69) is 10.1 Å². The highest BCUT2D eigenvalue weighted by atomic mass is 32.1. The Labute approximate surface area is 114 Å². The van der Waals surface area contributed by atoms with Crippen molar-refractivity contribution in [3.8, 4) is 10.6 Å². The van der Waals surface area contributed by atoms with Crippen LogP contribution in [0.3, 0.4) is 0 Å². The number of hydrogen-bond acceptors (Lipinski definition) is 5. The van der Waals surface area contributed by atoms with Gasteiger partial charge in [0.2, 0.25) is 5.89 Å². The van der Waals surface area contributed by atoms with Gasteiger partial charge in [0, 0.05) is 6.20 Å². The van der Waals surface area contributed by atoms with Gasteiger partial charge in [0.1, 0.15) is 6.54 Å². The predicted molar refractivity (Wildman–Crippen MR) is 71.8 cm³/mol. The van der Waals surface area contributed by atoms with Gasteiger partial charge < -0.3 is 9.52 Å². The average Bonchev–Trinajstić information content (AvgIpc) is 3.09. The molecule has 0 fully saturated rings. The van der Waals surface area contributed by atoms with Crippen LogP contribution in [0.2, 0.25) is 0 Å². The Morgan fingerprint density at radius 3 is 3.05 bits per heavy atom. The highest BCUT2D eigenvalue weighted by Crippen LogP contribution is 2.25. The Morgan fingerprint density at radius 2 is 2.37 bits per heavy atom. The first kappa shape index (κ1) is 12.1. The molecule has 0 bridgehead atoms. The standard InChI is InChI=1S/C13H13N3O2S/c1-9(17)10-4-5-16(15-10)8-13-14-7-11(18-13)12-3-2-6-19-12/h2-7,9,17H,8H2,1H3/t9-/m0/s1. The highest BCUT2D eigenvalue weighted by Gasteiger charge is 2.09. The normalized spacial score (nSPS) is 12.7. The molecule has 0 aromatic carbocycles. The van der Waals surface area contributed by atoms with Gasteiger partial charge in [0.05, 0.1) is 22.9 Å². The molecule has 6 heteroatoms. The van der Waals surface area contributed by atoms with Crippen molar-refractivity contribution in [2.45, 2.75) is 19.6 Å². The number of aliphatic hydroxyl groups excluding tert-OH is 1. The first-order valence-corrected chi connectivity index (χ1v) is 6.80. The molecule has 19 heavy (non-hydrogen) atoms. The van der Waals surface area contributed by atoms with Crippen LogP contribution in [0.25, 0.3) is 10.6 Å². The van der Waals surface area contributed by atoms with E-state index in [0.717, 1.165) is 10.6 Å². The van der Waals surface area contributed by atoms with Gasteiger partial charge in [-0.1, -0.05) is 6.07 Å². The second kappa shape index (κ2) is 4.99. The second-order valence-electron chi connectivity index (χ2n) is 4.21. The van der Waals surface area contributed by atoms with Gasteiger partial charge in [0.15, 0.2) is 5.76 Å². The summed E-state index contributed by atoms with van der Waals surface area (Å²) in [5.41, 5.74) is 0.644. The van der Waals surface area contributed by atoms with Crippen molar-refractivity contribution in [2.24, 2.45) is 0 Å². The van der Waals surface area contributed by atoms with E-state index < -0.39 is 6.10 Å². The molecule has 98 valence electrons. The lowest BCUT2D eigenvalue weighted by atomic mass is 10.3. The SMILES string of the molecule is C[C@H](O)c1ccn(Cc2ncc(-c3cccs3)o2)n1. The maximum absolute atomic E-state index is 9.42. The lowest BCUT2D eigenvalue weighted by Crippen LogP contribution is -2.02. The van der Waals surface area contributed by atoms with Gasteiger partial charge in [-0.3, -0.25) is 4.68 Å². The van der Waals surface area contributed by atoms with E-state index in [9.17, 15) is 5.11 Å². The quantitative estimate of drug-likeness (QED) is 0.795. The summed E-state index contributed by atoms with van der Waals surface area (Å²) in [6.45, 7) is 2.14. The molecule has 0 aliphatic carbocycles. The van der Waals surface area contributed by atoms with Crippen LogP contribution in [0.5, 0.6) is 0 Å². The third-order valence-electron chi connectivity index (χ3n) is 2.70. The summed E-state index contributed by atoms with van der Waals surface area (Å²) >= 11 is 1.61. The summed E-state index contributed by atoms with van der Waals surface area (Å²) in [6, 6.07) is 5.76. The minimum Gasteiger partial charge on any atom is -0.438 e. The van der Waals surface area contributed by atoms with Gasteiger partial charge in [-0.15, -0.1) is 11.3 Å². The molecular formula is C13H13N3O2S. The first-order valence-electron chi connectivity index (χ1n) is 5.92. The van der Waals surface area contributed by atoms with E-state index in [1.165, 1.54) is 0 Å². The predicted octanol–water partition coefficient (Wildman–Crippen LogP) is 2.70. The van der Waals surface area contributed by atoms with Crippen LogP contribution in [0.15, 0.2) is 40.4 Å². The fraction of sp³-hybridized carbons (Fsp3) is 0.231. The molecule has 3 aromatic heterocycles. The molecule has 3 aromatic rings. The molecule has 1 N–H and O–H groups in total. The molecule has 0 saturated carbocycles. The van der Waals surface area contributed by atoms with Crippen molar-refractivity contribution in [2.75, 3.05) is 0 Å². The number of aromatic nitrogens is 3.